The monoisotopic (exact) mass is 459 g/mol. The van der Waals surface area contributed by atoms with Gasteiger partial charge in [-0.3, -0.25) is 9.59 Å². The molecule has 31 heavy (non-hydrogen) atoms. The number of aromatic nitrogens is 2. The molecule has 0 saturated carbocycles. The fourth-order valence-corrected chi connectivity index (χ4v) is 4.20. The van der Waals surface area contributed by atoms with Crippen LogP contribution in [-0.2, 0) is 15.3 Å². The van der Waals surface area contributed by atoms with E-state index in [9.17, 15) is 14.0 Å². The third-order valence-electron chi connectivity index (χ3n) is 3.85. The number of hydrazone groups is 1. The minimum absolute atomic E-state index is 0.299. The van der Waals surface area contributed by atoms with Crippen molar-refractivity contribution < 1.29 is 18.7 Å². The zero-order valence-corrected chi connectivity index (χ0v) is 18.2. The maximum Gasteiger partial charge on any atom is 0.329 e. The number of methoxy groups -OCH3 is 1. The maximum absolute atomic E-state index is 12.9. The molecule has 0 spiro atoms. The molecule has 2 aromatic carbocycles. The molecule has 3 aromatic rings. The number of anilines is 1. The van der Waals surface area contributed by atoms with Crippen molar-refractivity contribution in [3.63, 3.8) is 0 Å². The quantitative estimate of drug-likeness (QED) is 0.243. The number of carbonyl (C=O) groups excluding carboxylic acids is 2. The van der Waals surface area contributed by atoms with E-state index in [1.165, 1.54) is 41.8 Å². The van der Waals surface area contributed by atoms with Crippen molar-refractivity contribution in [2.75, 3.05) is 12.4 Å². The lowest BCUT2D eigenvalue weighted by atomic mass is 10.1. The molecule has 1 heterocycles. The first kappa shape index (κ1) is 22.4. The Bertz CT molecular complexity index is 1100. The normalized spacial score (nSPS) is 10.8. The molecule has 0 aliphatic carbocycles. The van der Waals surface area contributed by atoms with Crippen molar-refractivity contribution >= 4 is 46.8 Å². The molecular weight excluding hydrogens is 441 g/mol. The molecule has 2 amide bonds. The minimum atomic E-state index is -0.948. The summed E-state index contributed by atoms with van der Waals surface area (Å²) >= 11 is 3.06. The minimum Gasteiger partial charge on any atom is -0.496 e. The first-order chi connectivity index (χ1) is 14.9. The summed E-state index contributed by atoms with van der Waals surface area (Å²) in [6.07, 6.45) is 1.42. The Balaban J connectivity index is 1.58. The summed E-state index contributed by atoms with van der Waals surface area (Å²) in [5.74, 6) is -0.970. The van der Waals surface area contributed by atoms with Gasteiger partial charge in [0.05, 0.1) is 13.3 Å². The first-order valence-corrected chi connectivity index (χ1v) is 10.7. The second-order valence-electron chi connectivity index (χ2n) is 6.11. The van der Waals surface area contributed by atoms with Gasteiger partial charge >= 0.3 is 11.8 Å². The highest BCUT2D eigenvalue weighted by atomic mass is 32.2. The number of hydrogen-bond donors (Lipinski definition) is 2. The molecule has 0 radical (unpaired) electrons. The van der Waals surface area contributed by atoms with Gasteiger partial charge < -0.3 is 10.1 Å². The fourth-order valence-electron chi connectivity index (χ4n) is 2.41. The van der Waals surface area contributed by atoms with Crippen LogP contribution in [0, 0.1) is 12.7 Å². The molecular formula is C20H18FN5O3S2. The third kappa shape index (κ3) is 6.59. The molecule has 11 heteroatoms. The number of ether oxygens (including phenoxy) is 1. The number of hydrogen-bond acceptors (Lipinski definition) is 8. The number of aryl methyl sites for hydroxylation is 1. The lowest BCUT2D eigenvalue weighted by molar-refractivity contribution is -0.136. The number of thioether (sulfide) groups is 1. The number of benzene rings is 2. The molecule has 3 rings (SSSR count). The number of nitrogens with zero attached hydrogens (tertiary/aromatic N) is 3. The predicted molar refractivity (Wildman–Crippen MR) is 118 cm³/mol. The highest BCUT2D eigenvalue weighted by Gasteiger charge is 2.13. The van der Waals surface area contributed by atoms with Gasteiger partial charge in [-0.25, -0.2) is 9.82 Å². The Morgan fingerprint density at radius 2 is 1.97 bits per heavy atom. The molecule has 0 fully saturated rings. The Hall–Kier alpha value is -3.31. The van der Waals surface area contributed by atoms with Crippen LogP contribution in [0.15, 0.2) is 51.9 Å². The Labute approximate surface area is 185 Å². The lowest BCUT2D eigenvalue weighted by Gasteiger charge is -2.08. The van der Waals surface area contributed by atoms with Gasteiger partial charge in [0.15, 0.2) is 4.34 Å². The van der Waals surface area contributed by atoms with Gasteiger partial charge in [0.2, 0.25) is 0 Å². The Morgan fingerprint density at radius 3 is 2.65 bits per heavy atom. The van der Waals surface area contributed by atoms with Gasteiger partial charge in [-0.05, 0) is 55.0 Å². The van der Waals surface area contributed by atoms with Gasteiger partial charge in [0, 0.05) is 17.0 Å². The summed E-state index contributed by atoms with van der Waals surface area (Å²) in [5, 5.41) is 15.2. The molecule has 8 nitrogen and oxygen atoms in total. The van der Waals surface area contributed by atoms with E-state index in [0.717, 1.165) is 14.9 Å². The molecule has 0 unspecified atom stereocenters. The highest BCUT2D eigenvalue weighted by Crippen LogP contribution is 2.30. The van der Waals surface area contributed by atoms with Crippen LogP contribution < -0.4 is 15.5 Å². The summed E-state index contributed by atoms with van der Waals surface area (Å²) in [6, 6.07) is 10.5. The van der Waals surface area contributed by atoms with Crippen LogP contribution in [0.3, 0.4) is 0 Å². The summed E-state index contributed by atoms with van der Waals surface area (Å²) < 4.78 is 19.2. The lowest BCUT2D eigenvalue weighted by Crippen LogP contribution is -2.32. The number of nitrogens with one attached hydrogen (secondary N) is 2. The van der Waals surface area contributed by atoms with E-state index >= 15 is 0 Å². The fraction of sp³-hybridized carbons (Fsp3) is 0.150. The standard InChI is InChI=1S/C20H18FN5O3S2/c1-12-24-26-20(31-12)30-11-14-9-13(3-8-17(14)29-2)10-22-25-19(28)18(27)23-16-6-4-15(21)5-7-16/h3-10H,11H2,1-2H3,(H,23,27)(H,25,28). The van der Waals surface area contributed by atoms with Crippen LogP contribution in [0.1, 0.15) is 16.1 Å². The molecule has 0 aliphatic heterocycles. The first-order valence-electron chi connectivity index (χ1n) is 8.94. The van der Waals surface area contributed by atoms with Crippen LogP contribution in [-0.4, -0.2) is 35.3 Å². The predicted octanol–water partition coefficient (Wildman–Crippen LogP) is 3.38. The van der Waals surface area contributed by atoms with Gasteiger partial charge in [-0.15, -0.1) is 10.2 Å². The van der Waals surface area contributed by atoms with Crippen LogP contribution in [0.4, 0.5) is 10.1 Å². The zero-order chi connectivity index (χ0) is 22.2. The molecule has 0 aliphatic rings. The van der Waals surface area contributed by atoms with Crippen LogP contribution in [0.5, 0.6) is 5.75 Å². The van der Waals surface area contributed by atoms with Crippen LogP contribution >= 0.6 is 23.1 Å². The zero-order valence-electron chi connectivity index (χ0n) is 16.6. The van der Waals surface area contributed by atoms with Crippen LogP contribution in [0.25, 0.3) is 0 Å². The topological polar surface area (TPSA) is 106 Å². The number of carbonyl (C=O) groups is 2. The number of halogens is 1. The van der Waals surface area contributed by atoms with Crippen molar-refractivity contribution in [1.29, 1.82) is 0 Å². The molecule has 160 valence electrons. The smallest absolute Gasteiger partial charge is 0.329 e. The summed E-state index contributed by atoms with van der Waals surface area (Å²) in [5.41, 5.74) is 4.10. The summed E-state index contributed by atoms with van der Waals surface area (Å²) in [6.45, 7) is 1.90. The largest absolute Gasteiger partial charge is 0.496 e. The Morgan fingerprint density at radius 1 is 1.19 bits per heavy atom. The van der Waals surface area contributed by atoms with Crippen molar-refractivity contribution in [3.05, 3.63) is 64.4 Å². The number of rotatable bonds is 7. The molecule has 1 aromatic heterocycles. The average Bonchev–Trinajstić information content (AvgIpc) is 3.19. The molecule has 0 atom stereocenters. The second-order valence-corrected chi connectivity index (χ2v) is 8.51. The average molecular weight is 460 g/mol. The molecule has 0 saturated heterocycles. The van der Waals surface area contributed by atoms with Crippen molar-refractivity contribution in [3.8, 4) is 5.75 Å². The van der Waals surface area contributed by atoms with Crippen LogP contribution in [0.2, 0.25) is 0 Å². The van der Waals surface area contributed by atoms with E-state index in [1.54, 1.807) is 31.0 Å². The summed E-state index contributed by atoms with van der Waals surface area (Å²) in [4.78, 5) is 23.8. The van der Waals surface area contributed by atoms with Crippen molar-refractivity contribution in [2.24, 2.45) is 5.10 Å². The SMILES string of the molecule is COc1ccc(C=NNC(=O)C(=O)Nc2ccc(F)cc2)cc1CSc1nnc(C)s1. The van der Waals surface area contributed by atoms with E-state index < -0.39 is 17.6 Å². The second kappa shape index (κ2) is 10.6. The Kier molecular flexibility index (Phi) is 7.68. The van der Waals surface area contributed by atoms with E-state index in [4.69, 9.17) is 4.74 Å². The van der Waals surface area contributed by atoms with E-state index in [2.05, 4.69) is 26.0 Å². The van der Waals surface area contributed by atoms with E-state index in [0.29, 0.717) is 22.8 Å². The van der Waals surface area contributed by atoms with Crippen molar-refractivity contribution in [1.82, 2.24) is 15.6 Å². The summed E-state index contributed by atoms with van der Waals surface area (Å²) in [7, 11) is 1.59. The molecule has 2 N–H and O–H groups in total. The van der Waals surface area contributed by atoms with E-state index in [-0.39, 0.29) is 0 Å². The third-order valence-corrected chi connectivity index (χ3v) is 5.87. The van der Waals surface area contributed by atoms with E-state index in [1.807, 2.05) is 13.0 Å². The van der Waals surface area contributed by atoms with Crippen molar-refractivity contribution in [2.45, 2.75) is 17.0 Å². The number of amides is 2. The van der Waals surface area contributed by atoms with Gasteiger partial charge in [-0.2, -0.15) is 5.10 Å². The van der Waals surface area contributed by atoms with Gasteiger partial charge in [-0.1, -0.05) is 23.1 Å². The highest BCUT2D eigenvalue weighted by molar-refractivity contribution is 8.00. The molecule has 0 bridgehead atoms. The van der Waals surface area contributed by atoms with Gasteiger partial charge in [0.1, 0.15) is 16.6 Å². The maximum atomic E-state index is 12.9. The van der Waals surface area contributed by atoms with Gasteiger partial charge in [0.25, 0.3) is 0 Å².